The second-order valence-corrected chi connectivity index (χ2v) is 8.19. The number of rotatable bonds is 6. The summed E-state index contributed by atoms with van der Waals surface area (Å²) in [4.78, 5) is 18.7. The number of halogens is 3. The monoisotopic (exact) mass is 487 g/mol. The number of carbonyl (C=O) groups excluding carboxylic acids is 1. The van der Waals surface area contributed by atoms with E-state index in [-0.39, 0.29) is 24.5 Å². The van der Waals surface area contributed by atoms with Crippen molar-refractivity contribution in [3.63, 3.8) is 0 Å². The summed E-state index contributed by atoms with van der Waals surface area (Å²) in [6.07, 6.45) is 3.83. The number of benzene rings is 2. The van der Waals surface area contributed by atoms with Gasteiger partial charge in [0.25, 0.3) is 5.91 Å². The molecular formula is C25H24F3N3O4. The Morgan fingerprint density at radius 1 is 1.20 bits per heavy atom. The van der Waals surface area contributed by atoms with Crippen molar-refractivity contribution in [3.05, 3.63) is 82.9 Å². The first kappa shape index (κ1) is 24.3. The number of aryl methyl sites for hydroxylation is 1. The van der Waals surface area contributed by atoms with Crippen LogP contribution in [-0.4, -0.2) is 51.8 Å². The standard InChI is InChI=1S/C25H24F3N3O4/c1-14-12-30(13-29-14)20-5-4-16(8-21(20)34-3)9-22-25(33)31(6-7-35-22)24(15(2)32)17-10-18(26)23(28)19(27)11-17/h4-5,8-13,15,24,32H,6-7H2,1-3H3/b22-9-/t15-,24+/m1/s1. The number of ether oxygens (including phenoxy) is 2. The predicted molar refractivity (Wildman–Crippen MR) is 121 cm³/mol. The maximum absolute atomic E-state index is 13.9. The van der Waals surface area contributed by atoms with Crippen molar-refractivity contribution >= 4 is 12.0 Å². The van der Waals surface area contributed by atoms with Gasteiger partial charge in [-0.3, -0.25) is 4.79 Å². The molecule has 0 spiro atoms. The van der Waals surface area contributed by atoms with Crippen molar-refractivity contribution in [1.82, 2.24) is 14.5 Å². The first-order valence-corrected chi connectivity index (χ1v) is 10.9. The fraction of sp³-hybridized carbons (Fsp3) is 0.280. The van der Waals surface area contributed by atoms with E-state index in [1.807, 2.05) is 17.7 Å². The molecule has 184 valence electrons. The van der Waals surface area contributed by atoms with E-state index in [0.29, 0.717) is 11.3 Å². The number of carbonyl (C=O) groups is 1. The molecule has 1 N–H and O–H groups in total. The largest absolute Gasteiger partial charge is 0.495 e. The third-order valence-corrected chi connectivity index (χ3v) is 5.69. The third-order valence-electron chi connectivity index (χ3n) is 5.69. The number of nitrogens with zero attached hydrogens (tertiary/aromatic N) is 3. The van der Waals surface area contributed by atoms with Gasteiger partial charge in [0.15, 0.2) is 23.2 Å². The van der Waals surface area contributed by atoms with Crippen LogP contribution in [0.5, 0.6) is 5.75 Å². The van der Waals surface area contributed by atoms with Gasteiger partial charge in [0, 0.05) is 6.20 Å². The van der Waals surface area contributed by atoms with E-state index in [0.717, 1.165) is 23.5 Å². The Kier molecular flexibility index (Phi) is 6.83. The fourth-order valence-corrected chi connectivity index (χ4v) is 4.09. The molecule has 1 aliphatic heterocycles. The Morgan fingerprint density at radius 2 is 1.91 bits per heavy atom. The number of morpholine rings is 1. The lowest BCUT2D eigenvalue weighted by molar-refractivity contribution is -0.141. The minimum atomic E-state index is -1.62. The molecule has 0 unspecified atom stereocenters. The van der Waals surface area contributed by atoms with Crippen molar-refractivity contribution in [2.24, 2.45) is 0 Å². The lowest BCUT2D eigenvalue weighted by Crippen LogP contribution is -2.46. The van der Waals surface area contributed by atoms with Crippen LogP contribution in [0.15, 0.2) is 48.6 Å². The highest BCUT2D eigenvalue weighted by atomic mass is 19.2. The number of hydrogen-bond acceptors (Lipinski definition) is 5. The van der Waals surface area contributed by atoms with Gasteiger partial charge in [-0.15, -0.1) is 0 Å². The van der Waals surface area contributed by atoms with Crippen LogP contribution in [0, 0.1) is 24.4 Å². The van der Waals surface area contributed by atoms with Gasteiger partial charge in [-0.25, -0.2) is 18.2 Å². The lowest BCUT2D eigenvalue weighted by atomic mass is 9.99. The van der Waals surface area contributed by atoms with Gasteiger partial charge in [0.2, 0.25) is 0 Å². The van der Waals surface area contributed by atoms with Gasteiger partial charge in [0.1, 0.15) is 12.4 Å². The predicted octanol–water partition coefficient (Wildman–Crippen LogP) is 3.93. The Hall–Kier alpha value is -3.79. The SMILES string of the molecule is COc1cc(/C=C2\OCCN([C@H](c3cc(F)c(F)c(F)c3)[C@@H](C)O)C2=O)ccc1-n1cnc(C)c1. The summed E-state index contributed by atoms with van der Waals surface area (Å²) in [5.41, 5.74) is 2.14. The summed E-state index contributed by atoms with van der Waals surface area (Å²) in [5.74, 6) is -4.48. The third kappa shape index (κ3) is 4.88. The van der Waals surface area contributed by atoms with Crippen LogP contribution in [0.4, 0.5) is 13.2 Å². The van der Waals surface area contributed by atoms with E-state index < -0.39 is 35.5 Å². The first-order valence-electron chi connectivity index (χ1n) is 10.9. The van der Waals surface area contributed by atoms with Crippen molar-refractivity contribution in [1.29, 1.82) is 0 Å². The Balaban J connectivity index is 1.66. The van der Waals surface area contributed by atoms with E-state index in [9.17, 15) is 23.1 Å². The van der Waals surface area contributed by atoms with E-state index in [1.165, 1.54) is 25.0 Å². The fourth-order valence-electron chi connectivity index (χ4n) is 4.09. The Bertz CT molecular complexity index is 1270. The number of amides is 1. The average Bonchev–Trinajstić information content (AvgIpc) is 3.25. The summed E-state index contributed by atoms with van der Waals surface area (Å²) in [5, 5.41) is 10.4. The molecule has 7 nitrogen and oxygen atoms in total. The highest BCUT2D eigenvalue weighted by Crippen LogP contribution is 2.32. The maximum Gasteiger partial charge on any atom is 0.289 e. The van der Waals surface area contributed by atoms with Gasteiger partial charge < -0.3 is 24.0 Å². The van der Waals surface area contributed by atoms with Crippen LogP contribution >= 0.6 is 0 Å². The Morgan fingerprint density at radius 3 is 2.51 bits per heavy atom. The maximum atomic E-state index is 13.9. The molecule has 1 fully saturated rings. The quantitative estimate of drug-likeness (QED) is 0.421. The highest BCUT2D eigenvalue weighted by molar-refractivity contribution is 5.96. The number of hydrogen-bond donors (Lipinski definition) is 1. The molecule has 2 aromatic carbocycles. The van der Waals surface area contributed by atoms with Crippen LogP contribution in [-0.2, 0) is 9.53 Å². The number of aliphatic hydroxyl groups excluding tert-OH is 1. The van der Waals surface area contributed by atoms with Gasteiger partial charge in [-0.05, 0) is 55.3 Å². The van der Waals surface area contributed by atoms with Crippen molar-refractivity contribution in [3.8, 4) is 11.4 Å². The summed E-state index contributed by atoms with van der Waals surface area (Å²) < 4.78 is 54.1. The van der Waals surface area contributed by atoms with Gasteiger partial charge in [-0.2, -0.15) is 0 Å². The molecular weight excluding hydrogens is 463 g/mol. The molecule has 0 aliphatic carbocycles. The van der Waals surface area contributed by atoms with Crippen molar-refractivity contribution < 1.29 is 32.5 Å². The molecule has 1 amide bonds. The van der Waals surface area contributed by atoms with E-state index in [2.05, 4.69) is 4.98 Å². The van der Waals surface area contributed by atoms with Crippen LogP contribution in [0.2, 0.25) is 0 Å². The second-order valence-electron chi connectivity index (χ2n) is 8.19. The molecule has 0 bridgehead atoms. The van der Waals surface area contributed by atoms with Crippen molar-refractivity contribution in [2.45, 2.75) is 26.0 Å². The molecule has 0 radical (unpaired) electrons. The summed E-state index contributed by atoms with van der Waals surface area (Å²) in [6.45, 7) is 3.41. The number of methoxy groups -OCH3 is 1. The summed E-state index contributed by atoms with van der Waals surface area (Å²) >= 11 is 0. The first-order chi connectivity index (χ1) is 16.7. The molecule has 3 aromatic rings. The minimum absolute atomic E-state index is 0.0155. The minimum Gasteiger partial charge on any atom is -0.495 e. The molecule has 1 aromatic heterocycles. The molecule has 1 aliphatic rings. The lowest BCUT2D eigenvalue weighted by Gasteiger charge is -2.37. The molecule has 2 heterocycles. The smallest absolute Gasteiger partial charge is 0.289 e. The zero-order chi connectivity index (χ0) is 25.3. The molecule has 0 saturated carbocycles. The van der Waals surface area contributed by atoms with E-state index >= 15 is 0 Å². The zero-order valence-electron chi connectivity index (χ0n) is 19.3. The molecule has 1 saturated heterocycles. The number of aliphatic hydroxyl groups is 1. The topological polar surface area (TPSA) is 76.8 Å². The second kappa shape index (κ2) is 9.83. The molecule has 4 rings (SSSR count). The molecule has 35 heavy (non-hydrogen) atoms. The zero-order valence-corrected chi connectivity index (χ0v) is 19.3. The average molecular weight is 487 g/mol. The number of aromatic nitrogens is 2. The van der Waals surface area contributed by atoms with Crippen LogP contribution in [0.3, 0.4) is 0 Å². The van der Waals surface area contributed by atoms with Gasteiger partial charge in [0.05, 0.1) is 43.5 Å². The van der Waals surface area contributed by atoms with Gasteiger partial charge >= 0.3 is 0 Å². The van der Waals surface area contributed by atoms with Gasteiger partial charge in [-0.1, -0.05) is 6.07 Å². The highest BCUT2D eigenvalue weighted by Gasteiger charge is 2.35. The van der Waals surface area contributed by atoms with Crippen LogP contribution in [0.25, 0.3) is 11.8 Å². The van der Waals surface area contributed by atoms with E-state index in [4.69, 9.17) is 9.47 Å². The van der Waals surface area contributed by atoms with E-state index in [1.54, 1.807) is 24.5 Å². The Labute approximate surface area is 200 Å². The summed E-state index contributed by atoms with van der Waals surface area (Å²) in [6, 6.07) is 5.75. The van der Waals surface area contributed by atoms with Crippen LogP contribution < -0.4 is 4.74 Å². The number of imidazole rings is 1. The molecule has 2 atom stereocenters. The normalized spacial score (nSPS) is 16.8. The van der Waals surface area contributed by atoms with Crippen LogP contribution in [0.1, 0.15) is 29.8 Å². The summed E-state index contributed by atoms with van der Waals surface area (Å²) in [7, 11) is 1.53. The molecule has 10 heteroatoms. The van der Waals surface area contributed by atoms with Crippen molar-refractivity contribution in [2.75, 3.05) is 20.3 Å².